The van der Waals surface area contributed by atoms with Crippen LogP contribution in [0.4, 0.5) is 0 Å². The topological polar surface area (TPSA) is 53.0 Å². The minimum Gasteiger partial charge on any atom is -0.491 e. The van der Waals surface area contributed by atoms with Gasteiger partial charge in [0.1, 0.15) is 12.4 Å². The van der Waals surface area contributed by atoms with Gasteiger partial charge in [-0.25, -0.2) is 0 Å². The van der Waals surface area contributed by atoms with Crippen LogP contribution in [-0.2, 0) is 0 Å². The summed E-state index contributed by atoms with van der Waals surface area (Å²) in [6, 6.07) is 12.2. The molecule has 0 saturated carbocycles. The van der Waals surface area contributed by atoms with Gasteiger partial charge < -0.3 is 14.7 Å². The lowest BCUT2D eigenvalue weighted by Gasteiger charge is -2.48. The normalized spacial score (nSPS) is 21.6. The van der Waals surface area contributed by atoms with Crippen molar-refractivity contribution in [2.24, 2.45) is 0 Å². The molecule has 0 radical (unpaired) electrons. The molecule has 2 aromatic carbocycles. The van der Waals surface area contributed by atoms with E-state index in [1.165, 1.54) is 11.1 Å². The van der Waals surface area contributed by atoms with Gasteiger partial charge in [0.15, 0.2) is 0 Å². The Hall–Kier alpha value is -2.08. The molecule has 0 aliphatic carbocycles. The Morgan fingerprint density at radius 1 is 1.10 bits per heavy atom. The maximum Gasteiger partial charge on any atom is 0.253 e. The van der Waals surface area contributed by atoms with Gasteiger partial charge in [-0.1, -0.05) is 17.7 Å². The third-order valence-electron chi connectivity index (χ3n) is 6.81. The van der Waals surface area contributed by atoms with Crippen LogP contribution >= 0.6 is 11.6 Å². The SMILES string of the molecule is Cc1c(OCCO)ccc(C2CCC[C@H]3CN(C(=O)c4ccc(Cl)cc4)CCN23)c1C. The lowest BCUT2D eigenvalue weighted by molar-refractivity contribution is 0.0101. The molecule has 6 heteroatoms. The minimum atomic E-state index is 0.0174. The highest BCUT2D eigenvalue weighted by Crippen LogP contribution is 2.39. The van der Waals surface area contributed by atoms with E-state index in [0.29, 0.717) is 29.3 Å². The number of amides is 1. The fourth-order valence-electron chi connectivity index (χ4n) is 5.03. The monoisotopic (exact) mass is 442 g/mol. The van der Waals surface area contributed by atoms with Crippen LogP contribution in [0.25, 0.3) is 0 Å². The molecular weight excluding hydrogens is 412 g/mol. The van der Waals surface area contributed by atoms with Crippen LogP contribution in [0.15, 0.2) is 36.4 Å². The number of hydrogen-bond acceptors (Lipinski definition) is 4. The molecular formula is C25H31ClN2O3. The summed E-state index contributed by atoms with van der Waals surface area (Å²) in [5.74, 6) is 0.942. The zero-order valence-corrected chi connectivity index (χ0v) is 19.1. The van der Waals surface area contributed by atoms with Crippen LogP contribution in [0.5, 0.6) is 5.75 Å². The number of aliphatic hydroxyl groups is 1. The maximum atomic E-state index is 13.0. The Bertz CT molecular complexity index is 931. The zero-order chi connectivity index (χ0) is 22.0. The second-order valence-corrected chi connectivity index (χ2v) is 9.01. The number of fused-ring (bicyclic) bond motifs is 1. The van der Waals surface area contributed by atoms with E-state index < -0.39 is 0 Å². The molecule has 2 atom stereocenters. The van der Waals surface area contributed by atoms with Crippen molar-refractivity contribution in [1.82, 2.24) is 9.80 Å². The van der Waals surface area contributed by atoms with Gasteiger partial charge in [0.2, 0.25) is 0 Å². The fraction of sp³-hybridized carbons (Fsp3) is 0.480. The van der Waals surface area contributed by atoms with E-state index in [2.05, 4.69) is 24.8 Å². The molecule has 1 unspecified atom stereocenters. The molecule has 2 aromatic rings. The first-order valence-electron chi connectivity index (χ1n) is 11.1. The summed E-state index contributed by atoms with van der Waals surface area (Å²) in [7, 11) is 0. The summed E-state index contributed by atoms with van der Waals surface area (Å²) in [6.07, 6.45) is 3.42. The molecule has 166 valence electrons. The molecule has 31 heavy (non-hydrogen) atoms. The molecule has 2 heterocycles. The average molecular weight is 443 g/mol. The van der Waals surface area contributed by atoms with Crippen LogP contribution in [0.1, 0.15) is 52.4 Å². The van der Waals surface area contributed by atoms with E-state index in [9.17, 15) is 4.79 Å². The summed E-state index contributed by atoms with van der Waals surface area (Å²) in [5, 5.41) is 9.70. The molecule has 0 bridgehead atoms. The van der Waals surface area contributed by atoms with E-state index in [0.717, 1.165) is 50.2 Å². The van der Waals surface area contributed by atoms with Gasteiger partial charge in [0.25, 0.3) is 5.91 Å². The van der Waals surface area contributed by atoms with Crippen LogP contribution in [0.2, 0.25) is 5.02 Å². The van der Waals surface area contributed by atoms with Crippen molar-refractivity contribution in [1.29, 1.82) is 0 Å². The Kier molecular flexibility index (Phi) is 6.85. The third kappa shape index (κ3) is 4.59. The number of piperazine rings is 1. The number of aliphatic hydroxyl groups excluding tert-OH is 1. The molecule has 5 nitrogen and oxygen atoms in total. The predicted molar refractivity (Wildman–Crippen MR) is 123 cm³/mol. The van der Waals surface area contributed by atoms with Crippen molar-refractivity contribution in [2.45, 2.75) is 45.2 Å². The van der Waals surface area contributed by atoms with Crippen molar-refractivity contribution in [3.05, 3.63) is 63.7 Å². The van der Waals surface area contributed by atoms with Crippen LogP contribution in [0.3, 0.4) is 0 Å². The first kappa shape index (κ1) is 22.1. The van der Waals surface area contributed by atoms with Crippen molar-refractivity contribution in [3.63, 3.8) is 0 Å². The van der Waals surface area contributed by atoms with Crippen LogP contribution in [-0.4, -0.2) is 59.7 Å². The smallest absolute Gasteiger partial charge is 0.253 e. The highest BCUT2D eigenvalue weighted by Gasteiger charge is 2.37. The molecule has 0 aromatic heterocycles. The van der Waals surface area contributed by atoms with Gasteiger partial charge in [-0.3, -0.25) is 9.69 Å². The molecule has 2 fully saturated rings. The number of carbonyl (C=O) groups excluding carboxylic acids is 1. The number of nitrogens with zero attached hydrogens (tertiary/aromatic N) is 2. The van der Waals surface area contributed by atoms with Crippen molar-refractivity contribution < 1.29 is 14.6 Å². The Labute approximate surface area is 189 Å². The molecule has 2 aliphatic rings. The first-order chi connectivity index (χ1) is 15.0. The van der Waals surface area contributed by atoms with Crippen molar-refractivity contribution in [3.8, 4) is 5.75 Å². The zero-order valence-electron chi connectivity index (χ0n) is 18.3. The summed E-state index contributed by atoms with van der Waals surface area (Å²) in [5.41, 5.74) is 4.47. The third-order valence-corrected chi connectivity index (χ3v) is 7.06. The van der Waals surface area contributed by atoms with E-state index in [1.807, 2.05) is 23.1 Å². The van der Waals surface area contributed by atoms with E-state index in [-0.39, 0.29) is 12.5 Å². The number of piperidine rings is 1. The minimum absolute atomic E-state index is 0.0174. The van der Waals surface area contributed by atoms with E-state index in [1.54, 1.807) is 12.1 Å². The summed E-state index contributed by atoms with van der Waals surface area (Å²) >= 11 is 5.98. The summed E-state index contributed by atoms with van der Waals surface area (Å²) < 4.78 is 5.69. The molecule has 0 spiro atoms. The Balaban J connectivity index is 1.49. The summed E-state index contributed by atoms with van der Waals surface area (Å²) in [6.45, 7) is 6.99. The van der Waals surface area contributed by atoms with Crippen molar-refractivity contribution in [2.75, 3.05) is 32.8 Å². The van der Waals surface area contributed by atoms with Gasteiger partial charge in [-0.05, 0) is 80.1 Å². The number of ether oxygens (including phenoxy) is 1. The lowest BCUT2D eigenvalue weighted by atomic mass is 9.86. The van der Waals surface area contributed by atoms with Crippen LogP contribution < -0.4 is 4.74 Å². The predicted octanol–water partition coefficient (Wildman–Crippen LogP) is 4.38. The number of hydrogen-bond donors (Lipinski definition) is 1. The van der Waals surface area contributed by atoms with E-state index >= 15 is 0 Å². The quantitative estimate of drug-likeness (QED) is 0.746. The molecule has 2 saturated heterocycles. The number of halogens is 1. The second kappa shape index (κ2) is 9.60. The lowest BCUT2D eigenvalue weighted by Crippen LogP contribution is -2.57. The summed E-state index contributed by atoms with van der Waals surface area (Å²) in [4.78, 5) is 17.6. The highest BCUT2D eigenvalue weighted by atomic mass is 35.5. The second-order valence-electron chi connectivity index (χ2n) is 8.57. The van der Waals surface area contributed by atoms with Gasteiger partial charge >= 0.3 is 0 Å². The van der Waals surface area contributed by atoms with Gasteiger partial charge in [0, 0.05) is 42.3 Å². The molecule has 2 aliphatic heterocycles. The van der Waals surface area contributed by atoms with Crippen LogP contribution in [0, 0.1) is 13.8 Å². The first-order valence-corrected chi connectivity index (χ1v) is 11.5. The maximum absolute atomic E-state index is 13.0. The number of rotatable bonds is 5. The Morgan fingerprint density at radius 3 is 2.61 bits per heavy atom. The number of carbonyl (C=O) groups is 1. The molecule has 1 amide bonds. The number of benzene rings is 2. The average Bonchev–Trinajstić information content (AvgIpc) is 2.79. The standard InChI is InChI=1S/C25H31ClN2O3/c1-17-18(2)24(31-15-14-29)11-10-22(17)23-5-3-4-21-16-27(12-13-28(21)23)25(30)19-6-8-20(26)9-7-19/h6-11,21,23,29H,3-5,12-16H2,1-2H3/t21-,23?/m0/s1. The van der Waals surface area contributed by atoms with Gasteiger partial charge in [0.05, 0.1) is 6.61 Å². The molecule has 1 N–H and O–H groups in total. The largest absolute Gasteiger partial charge is 0.491 e. The highest BCUT2D eigenvalue weighted by molar-refractivity contribution is 6.30. The Morgan fingerprint density at radius 2 is 1.87 bits per heavy atom. The molecule has 4 rings (SSSR count). The van der Waals surface area contributed by atoms with E-state index in [4.69, 9.17) is 21.4 Å². The van der Waals surface area contributed by atoms with Gasteiger partial charge in [-0.15, -0.1) is 0 Å². The van der Waals surface area contributed by atoms with Gasteiger partial charge in [-0.2, -0.15) is 0 Å². The fourth-order valence-corrected chi connectivity index (χ4v) is 5.16. The van der Waals surface area contributed by atoms with Crippen molar-refractivity contribution >= 4 is 17.5 Å².